The molecule has 3 rings (SSSR count). The number of anilines is 1. The number of aromatic amines is 1. The summed E-state index contributed by atoms with van der Waals surface area (Å²) in [6, 6.07) is 0. The fourth-order valence-corrected chi connectivity index (χ4v) is 1.65. The highest BCUT2D eigenvalue weighted by atomic mass is 35.5. The van der Waals surface area contributed by atoms with Gasteiger partial charge in [0.05, 0.1) is 23.7 Å². The Labute approximate surface area is 101 Å². The number of nitrogens with zero attached hydrogens (tertiary/aromatic N) is 5. The number of hydrogen-bond donors (Lipinski definition) is 2. The van der Waals surface area contributed by atoms with E-state index in [0.717, 1.165) is 0 Å². The molecule has 0 aliphatic carbocycles. The maximum absolute atomic E-state index is 5.84. The maximum atomic E-state index is 5.84. The number of aromatic nitrogens is 6. The molecule has 0 aromatic carbocycles. The van der Waals surface area contributed by atoms with Crippen molar-refractivity contribution in [3.05, 3.63) is 23.7 Å². The zero-order valence-electron chi connectivity index (χ0n) is 8.85. The lowest BCUT2D eigenvalue weighted by Crippen LogP contribution is -2.04. The SMILES string of the molecule is CNc1nc(-n2cc(Cl)cn2)c2[nH]cnc2n1. The van der Waals surface area contributed by atoms with Crippen LogP contribution in [-0.2, 0) is 0 Å². The molecule has 0 atom stereocenters. The smallest absolute Gasteiger partial charge is 0.226 e. The predicted octanol–water partition coefficient (Wildman–Crippen LogP) is 1.23. The number of H-pyrrole nitrogens is 1. The van der Waals surface area contributed by atoms with Crippen molar-refractivity contribution in [3.8, 4) is 5.82 Å². The van der Waals surface area contributed by atoms with E-state index < -0.39 is 0 Å². The monoisotopic (exact) mass is 249 g/mol. The highest BCUT2D eigenvalue weighted by Gasteiger charge is 2.11. The Morgan fingerprint density at radius 3 is 3.00 bits per heavy atom. The Bertz CT molecular complexity index is 671. The normalized spacial score (nSPS) is 10.9. The number of nitrogens with one attached hydrogen (secondary N) is 2. The Morgan fingerprint density at radius 2 is 2.29 bits per heavy atom. The first-order chi connectivity index (χ1) is 8.28. The maximum Gasteiger partial charge on any atom is 0.226 e. The van der Waals surface area contributed by atoms with E-state index in [4.69, 9.17) is 11.6 Å². The summed E-state index contributed by atoms with van der Waals surface area (Å²) in [5.74, 6) is 1.08. The molecule has 0 saturated carbocycles. The van der Waals surface area contributed by atoms with Gasteiger partial charge in [-0.05, 0) is 0 Å². The fraction of sp³-hybridized carbons (Fsp3) is 0.111. The largest absolute Gasteiger partial charge is 0.357 e. The van der Waals surface area contributed by atoms with Gasteiger partial charge in [0.25, 0.3) is 0 Å². The first kappa shape index (κ1) is 10.0. The number of fused-ring (bicyclic) bond motifs is 1. The van der Waals surface area contributed by atoms with E-state index in [9.17, 15) is 0 Å². The lowest BCUT2D eigenvalue weighted by atomic mass is 10.5. The second-order valence-corrected chi connectivity index (χ2v) is 3.76. The van der Waals surface area contributed by atoms with E-state index in [-0.39, 0.29) is 0 Å². The van der Waals surface area contributed by atoms with E-state index in [0.29, 0.717) is 28.0 Å². The minimum absolute atomic E-state index is 0.478. The molecule has 86 valence electrons. The van der Waals surface area contributed by atoms with Crippen molar-refractivity contribution in [1.82, 2.24) is 29.7 Å². The second kappa shape index (κ2) is 3.70. The molecule has 0 amide bonds. The van der Waals surface area contributed by atoms with Crippen LogP contribution in [0.5, 0.6) is 0 Å². The van der Waals surface area contributed by atoms with Gasteiger partial charge in [0.2, 0.25) is 5.95 Å². The van der Waals surface area contributed by atoms with Crippen LogP contribution in [0, 0.1) is 0 Å². The molecule has 2 N–H and O–H groups in total. The van der Waals surface area contributed by atoms with Crippen molar-refractivity contribution in [3.63, 3.8) is 0 Å². The summed E-state index contributed by atoms with van der Waals surface area (Å²) in [6.45, 7) is 0. The van der Waals surface area contributed by atoms with E-state index in [1.807, 2.05) is 0 Å². The Kier molecular flexibility index (Phi) is 2.19. The topological polar surface area (TPSA) is 84.3 Å². The standard InChI is InChI=1S/C9H8ClN7/c1-11-9-15-7-6(12-4-13-7)8(16-9)17-3-5(10)2-14-17/h2-4H,1H3,(H2,11,12,13,15,16). The molecule has 8 heteroatoms. The number of halogens is 1. The van der Waals surface area contributed by atoms with Gasteiger partial charge in [0.1, 0.15) is 5.52 Å². The lowest BCUT2D eigenvalue weighted by Gasteiger charge is -2.04. The van der Waals surface area contributed by atoms with Crippen LogP contribution in [0.2, 0.25) is 5.02 Å². The highest BCUT2D eigenvalue weighted by molar-refractivity contribution is 6.30. The zero-order valence-corrected chi connectivity index (χ0v) is 9.60. The molecule has 3 aromatic heterocycles. The third-order valence-corrected chi connectivity index (χ3v) is 2.45. The van der Waals surface area contributed by atoms with Crippen LogP contribution in [0.25, 0.3) is 17.0 Å². The van der Waals surface area contributed by atoms with E-state index in [2.05, 4.69) is 30.4 Å². The van der Waals surface area contributed by atoms with Crippen molar-refractivity contribution >= 4 is 28.7 Å². The van der Waals surface area contributed by atoms with Gasteiger partial charge in [0.15, 0.2) is 11.5 Å². The first-order valence-electron chi connectivity index (χ1n) is 4.87. The molecule has 0 aliphatic heterocycles. The molecular formula is C9H8ClN7. The molecule has 0 bridgehead atoms. The van der Waals surface area contributed by atoms with Gasteiger partial charge in [-0.2, -0.15) is 15.1 Å². The lowest BCUT2D eigenvalue weighted by molar-refractivity contribution is 0.850. The summed E-state index contributed by atoms with van der Waals surface area (Å²) in [5, 5.41) is 7.53. The Balaban J connectivity index is 2.29. The van der Waals surface area contributed by atoms with Crippen LogP contribution in [0.4, 0.5) is 5.95 Å². The van der Waals surface area contributed by atoms with Crippen LogP contribution >= 0.6 is 11.6 Å². The van der Waals surface area contributed by atoms with Gasteiger partial charge in [0, 0.05) is 7.05 Å². The van der Waals surface area contributed by atoms with Crippen LogP contribution in [0.15, 0.2) is 18.7 Å². The van der Waals surface area contributed by atoms with Gasteiger partial charge in [-0.1, -0.05) is 11.6 Å². The minimum Gasteiger partial charge on any atom is -0.357 e. The molecule has 7 nitrogen and oxygen atoms in total. The molecule has 0 aliphatic rings. The second-order valence-electron chi connectivity index (χ2n) is 3.33. The molecule has 3 heterocycles. The molecule has 3 aromatic rings. The van der Waals surface area contributed by atoms with Gasteiger partial charge >= 0.3 is 0 Å². The van der Waals surface area contributed by atoms with Crippen molar-refractivity contribution in [2.24, 2.45) is 0 Å². The quantitative estimate of drug-likeness (QED) is 0.714. The zero-order chi connectivity index (χ0) is 11.8. The van der Waals surface area contributed by atoms with Gasteiger partial charge in [-0.15, -0.1) is 0 Å². The summed E-state index contributed by atoms with van der Waals surface area (Å²) in [7, 11) is 1.74. The van der Waals surface area contributed by atoms with E-state index >= 15 is 0 Å². The van der Waals surface area contributed by atoms with Crippen LogP contribution in [0.3, 0.4) is 0 Å². The Morgan fingerprint density at radius 1 is 1.41 bits per heavy atom. The Hall–Kier alpha value is -2.15. The van der Waals surface area contributed by atoms with E-state index in [1.54, 1.807) is 30.5 Å². The van der Waals surface area contributed by atoms with Crippen LogP contribution in [0.1, 0.15) is 0 Å². The summed E-state index contributed by atoms with van der Waals surface area (Å²) >= 11 is 5.84. The average molecular weight is 250 g/mol. The van der Waals surface area contributed by atoms with Gasteiger partial charge in [-0.25, -0.2) is 9.67 Å². The summed E-state index contributed by atoms with van der Waals surface area (Å²) in [4.78, 5) is 15.6. The van der Waals surface area contributed by atoms with Crippen molar-refractivity contribution in [1.29, 1.82) is 0 Å². The average Bonchev–Trinajstić information content (AvgIpc) is 2.95. The number of rotatable bonds is 2. The van der Waals surface area contributed by atoms with Crippen molar-refractivity contribution < 1.29 is 0 Å². The first-order valence-corrected chi connectivity index (χ1v) is 5.25. The number of hydrogen-bond acceptors (Lipinski definition) is 5. The third-order valence-electron chi connectivity index (χ3n) is 2.26. The minimum atomic E-state index is 0.478. The predicted molar refractivity (Wildman–Crippen MR) is 63.4 cm³/mol. The molecule has 0 spiro atoms. The molecular weight excluding hydrogens is 242 g/mol. The van der Waals surface area contributed by atoms with Crippen molar-refractivity contribution in [2.75, 3.05) is 12.4 Å². The van der Waals surface area contributed by atoms with Crippen LogP contribution in [-0.4, -0.2) is 36.8 Å². The van der Waals surface area contributed by atoms with Crippen molar-refractivity contribution in [2.45, 2.75) is 0 Å². The third kappa shape index (κ3) is 1.60. The summed E-state index contributed by atoms with van der Waals surface area (Å²) in [6.07, 6.45) is 4.78. The summed E-state index contributed by atoms with van der Waals surface area (Å²) in [5.41, 5.74) is 1.29. The van der Waals surface area contributed by atoms with E-state index in [1.165, 1.54) is 0 Å². The molecule has 0 unspecified atom stereocenters. The summed E-state index contributed by atoms with van der Waals surface area (Å²) < 4.78 is 1.57. The molecule has 0 radical (unpaired) electrons. The van der Waals surface area contributed by atoms with Crippen LogP contribution < -0.4 is 5.32 Å². The van der Waals surface area contributed by atoms with Gasteiger partial charge in [-0.3, -0.25) is 0 Å². The molecule has 17 heavy (non-hydrogen) atoms. The van der Waals surface area contributed by atoms with Gasteiger partial charge < -0.3 is 10.3 Å². The molecule has 0 fully saturated rings. The fourth-order valence-electron chi connectivity index (χ4n) is 1.51. The molecule has 0 saturated heterocycles. The number of imidazole rings is 1. The highest BCUT2D eigenvalue weighted by Crippen LogP contribution is 2.18.